The third-order valence-electron chi connectivity index (χ3n) is 1.86. The Hall–Kier alpha value is -0.206. The fourth-order valence-corrected chi connectivity index (χ4v) is 5.91. The van der Waals surface area contributed by atoms with Crippen molar-refractivity contribution in [1.29, 1.82) is 0 Å². The van der Waals surface area contributed by atoms with Crippen molar-refractivity contribution < 1.29 is 4.12 Å². The van der Waals surface area contributed by atoms with Gasteiger partial charge in [-0.1, -0.05) is 0 Å². The first kappa shape index (κ1) is 8.13. The number of fused-ring (bicyclic) bond motifs is 3. The summed E-state index contributed by atoms with van der Waals surface area (Å²) in [5.41, 5.74) is 0. The van der Waals surface area contributed by atoms with E-state index in [2.05, 4.69) is 22.9 Å². The molecule has 4 radical (unpaired) electrons. The van der Waals surface area contributed by atoms with Gasteiger partial charge in [-0.3, -0.25) is 0 Å². The molecule has 0 aliphatic carbocycles. The van der Waals surface area contributed by atoms with Gasteiger partial charge in [0.2, 0.25) is 0 Å². The summed E-state index contributed by atoms with van der Waals surface area (Å²) < 4.78 is 5.63. The largest absolute Gasteiger partial charge is 0.450 e. The molecule has 13 heavy (non-hydrogen) atoms. The molecule has 62 valence electrons. The molecular weight excluding hydrogens is 232 g/mol. The molecule has 0 spiro atoms. The maximum atomic E-state index is 5.63. The van der Waals surface area contributed by atoms with Crippen LogP contribution in [0.5, 0.6) is 0 Å². The van der Waals surface area contributed by atoms with Gasteiger partial charge in [0.05, 0.1) is 0 Å². The molecule has 1 aliphatic heterocycles. The van der Waals surface area contributed by atoms with Crippen LogP contribution < -0.4 is 10.4 Å². The summed E-state index contributed by atoms with van der Waals surface area (Å²) in [6.45, 7) is 0. The lowest BCUT2D eigenvalue weighted by atomic mass is 10.4. The van der Waals surface area contributed by atoms with Crippen LogP contribution in [0.3, 0.4) is 0 Å². The second-order valence-electron chi connectivity index (χ2n) is 2.63. The lowest BCUT2D eigenvalue weighted by molar-refractivity contribution is 0.664. The molecule has 0 atom stereocenters. The first-order valence-corrected chi connectivity index (χ1v) is 7.36. The minimum atomic E-state index is 0.533. The van der Waals surface area contributed by atoms with Gasteiger partial charge in [0.1, 0.15) is 0 Å². The molecule has 2 aromatic rings. The van der Waals surface area contributed by atoms with Gasteiger partial charge >= 0.3 is 0 Å². The Morgan fingerprint density at radius 3 is 2.00 bits per heavy atom. The van der Waals surface area contributed by atoms with Crippen molar-refractivity contribution in [2.45, 2.75) is 0 Å². The second kappa shape index (κ2) is 3.18. The van der Waals surface area contributed by atoms with E-state index in [9.17, 15) is 0 Å². The number of hydrogen-bond acceptors (Lipinski definition) is 3. The van der Waals surface area contributed by atoms with Crippen LogP contribution in [0.1, 0.15) is 0 Å². The minimum Gasteiger partial charge on any atom is -0.450 e. The zero-order valence-electron chi connectivity index (χ0n) is 6.53. The Balaban J connectivity index is 2.27. The van der Waals surface area contributed by atoms with Gasteiger partial charge < -0.3 is 4.12 Å². The summed E-state index contributed by atoms with van der Waals surface area (Å²) >= 11 is 3.66. The molecular formula is C8H4OS2Si2. The molecule has 0 amide bonds. The van der Waals surface area contributed by atoms with E-state index in [0.29, 0.717) is 19.5 Å². The monoisotopic (exact) mass is 236 g/mol. The molecule has 3 heterocycles. The molecule has 0 N–H and O–H groups in total. The van der Waals surface area contributed by atoms with Gasteiger partial charge in [-0.25, -0.2) is 0 Å². The Morgan fingerprint density at radius 1 is 0.923 bits per heavy atom. The molecule has 0 saturated carbocycles. The van der Waals surface area contributed by atoms with Crippen molar-refractivity contribution in [3.05, 3.63) is 22.9 Å². The van der Waals surface area contributed by atoms with Gasteiger partial charge in [-0.15, -0.1) is 22.7 Å². The van der Waals surface area contributed by atoms with Crippen molar-refractivity contribution >= 4 is 52.6 Å². The average Bonchev–Trinajstić information content (AvgIpc) is 2.72. The summed E-state index contributed by atoms with van der Waals surface area (Å²) in [4.78, 5) is 2.85. The quantitative estimate of drug-likeness (QED) is 0.620. The van der Waals surface area contributed by atoms with E-state index >= 15 is 0 Å². The van der Waals surface area contributed by atoms with Crippen molar-refractivity contribution in [2.75, 3.05) is 0 Å². The van der Waals surface area contributed by atoms with Crippen LogP contribution in [0.15, 0.2) is 22.9 Å². The number of thiophene rings is 2. The van der Waals surface area contributed by atoms with Crippen molar-refractivity contribution in [2.24, 2.45) is 0 Å². The van der Waals surface area contributed by atoms with E-state index in [1.807, 2.05) is 22.7 Å². The lowest BCUT2D eigenvalue weighted by Gasteiger charge is -1.94. The highest BCUT2D eigenvalue weighted by Gasteiger charge is 2.18. The zero-order chi connectivity index (χ0) is 8.67. The molecule has 0 saturated heterocycles. The lowest BCUT2D eigenvalue weighted by Crippen LogP contribution is -2.20. The summed E-state index contributed by atoms with van der Waals surface area (Å²) in [5, 5.41) is 7.05. The van der Waals surface area contributed by atoms with Crippen molar-refractivity contribution in [3.63, 3.8) is 0 Å². The third kappa shape index (κ3) is 1.27. The highest BCUT2D eigenvalue weighted by molar-refractivity contribution is 7.22. The first-order chi connectivity index (χ1) is 6.45. The highest BCUT2D eigenvalue weighted by atomic mass is 32.1. The summed E-state index contributed by atoms with van der Waals surface area (Å²) in [6, 6.07) is 4.36. The molecule has 1 aliphatic rings. The van der Waals surface area contributed by atoms with Crippen molar-refractivity contribution in [1.82, 2.24) is 0 Å². The van der Waals surface area contributed by atoms with E-state index < -0.39 is 0 Å². The molecule has 5 heteroatoms. The maximum Gasteiger partial charge on any atom is 0.258 e. The SMILES string of the molecule is c1cc2c(s1)-c1sccc1[Si]O[Si]2. The molecule has 0 fully saturated rings. The normalized spacial score (nSPS) is 14.8. The summed E-state index contributed by atoms with van der Waals surface area (Å²) in [7, 11) is 1.07. The van der Waals surface area contributed by atoms with Crippen LogP contribution in [0, 0.1) is 0 Å². The number of rotatable bonds is 0. The molecule has 0 aromatic carbocycles. The van der Waals surface area contributed by atoms with Crippen LogP contribution >= 0.6 is 22.7 Å². The maximum absolute atomic E-state index is 5.63. The Bertz CT molecular complexity index is 395. The van der Waals surface area contributed by atoms with Gasteiger partial charge in [0, 0.05) is 9.75 Å². The summed E-state index contributed by atoms with van der Waals surface area (Å²) in [6.07, 6.45) is 0. The first-order valence-electron chi connectivity index (χ1n) is 3.78. The summed E-state index contributed by atoms with van der Waals surface area (Å²) in [5.74, 6) is 0. The minimum absolute atomic E-state index is 0.533. The second-order valence-corrected chi connectivity index (χ2v) is 6.77. The highest BCUT2D eigenvalue weighted by Crippen LogP contribution is 2.26. The Labute approximate surface area is 89.3 Å². The molecule has 0 bridgehead atoms. The fraction of sp³-hybridized carbons (Fsp3) is 0. The van der Waals surface area contributed by atoms with Crippen LogP contribution in [0.4, 0.5) is 0 Å². The molecule has 1 nitrogen and oxygen atoms in total. The van der Waals surface area contributed by atoms with Gasteiger partial charge in [0.25, 0.3) is 19.5 Å². The Morgan fingerprint density at radius 2 is 1.46 bits per heavy atom. The van der Waals surface area contributed by atoms with E-state index in [1.54, 1.807) is 0 Å². The van der Waals surface area contributed by atoms with E-state index in [0.717, 1.165) is 0 Å². The Kier molecular flexibility index (Phi) is 1.99. The van der Waals surface area contributed by atoms with Crippen molar-refractivity contribution in [3.8, 4) is 9.75 Å². The van der Waals surface area contributed by atoms with Crippen LogP contribution in [-0.2, 0) is 4.12 Å². The predicted octanol–water partition coefficient (Wildman–Crippen LogP) is 0.996. The van der Waals surface area contributed by atoms with Gasteiger partial charge in [-0.2, -0.15) is 0 Å². The van der Waals surface area contributed by atoms with E-state index in [4.69, 9.17) is 4.12 Å². The fourth-order valence-electron chi connectivity index (χ4n) is 1.27. The van der Waals surface area contributed by atoms with Crippen LogP contribution in [0.2, 0.25) is 0 Å². The smallest absolute Gasteiger partial charge is 0.258 e. The standard InChI is InChI=1S/C8H4OS2Si2/c1-3-10-7-5(1)12-9-13-6-2-4-11-8(6)7/h1-4H. The topological polar surface area (TPSA) is 9.23 Å². The molecule has 2 aromatic heterocycles. The molecule has 3 rings (SSSR count). The van der Waals surface area contributed by atoms with E-state index in [1.165, 1.54) is 20.1 Å². The van der Waals surface area contributed by atoms with Gasteiger partial charge in [0.15, 0.2) is 0 Å². The molecule has 0 unspecified atom stereocenters. The average molecular weight is 236 g/mol. The third-order valence-corrected chi connectivity index (χ3v) is 6.30. The van der Waals surface area contributed by atoms with Gasteiger partial charge in [-0.05, 0) is 33.3 Å². The zero-order valence-corrected chi connectivity index (χ0v) is 10.2. The number of hydrogen-bond donors (Lipinski definition) is 0. The van der Waals surface area contributed by atoms with Crippen LogP contribution in [0.25, 0.3) is 9.75 Å². The predicted molar refractivity (Wildman–Crippen MR) is 59.5 cm³/mol. The van der Waals surface area contributed by atoms with Crippen LogP contribution in [-0.4, -0.2) is 19.5 Å². The van der Waals surface area contributed by atoms with E-state index in [-0.39, 0.29) is 0 Å².